The van der Waals surface area contributed by atoms with Gasteiger partial charge in [-0.1, -0.05) is 17.8 Å². The van der Waals surface area contributed by atoms with E-state index in [4.69, 9.17) is 16.9 Å². The first kappa shape index (κ1) is 27.5. The van der Waals surface area contributed by atoms with E-state index < -0.39 is 41.3 Å². The molecule has 0 saturated carbocycles. The van der Waals surface area contributed by atoms with Crippen molar-refractivity contribution in [2.24, 2.45) is 0 Å². The van der Waals surface area contributed by atoms with Gasteiger partial charge in [-0.15, -0.1) is 23.1 Å². The van der Waals surface area contributed by atoms with Crippen LogP contribution in [0.2, 0.25) is 5.15 Å². The summed E-state index contributed by atoms with van der Waals surface area (Å²) in [5.74, 6) is -2.11. The quantitative estimate of drug-likeness (QED) is 0.106. The zero-order chi connectivity index (χ0) is 27.4. The molecule has 3 atom stereocenters. The number of thioether (sulfide) groups is 2. The van der Waals surface area contributed by atoms with Gasteiger partial charge >= 0.3 is 17.2 Å². The molecule has 2 aliphatic rings. The minimum atomic E-state index is -1.29. The summed E-state index contributed by atoms with van der Waals surface area (Å²) in [5.41, 5.74) is 0.285. The molecule has 0 aromatic carbocycles. The number of nitrogens with one attached hydrogen (secondary N) is 3. The van der Waals surface area contributed by atoms with Gasteiger partial charge in [0.25, 0.3) is 5.91 Å². The molecule has 1 saturated heterocycles. The number of amides is 4. The maximum absolute atomic E-state index is 13.1. The van der Waals surface area contributed by atoms with Crippen LogP contribution in [0.4, 0.5) is 4.79 Å². The van der Waals surface area contributed by atoms with E-state index in [0.29, 0.717) is 15.5 Å². The number of carbonyl (C=O) groups is 4. The van der Waals surface area contributed by atoms with Gasteiger partial charge in [0, 0.05) is 27.5 Å². The Kier molecular flexibility index (Phi) is 8.62. The number of β-lactam (4-membered cyclic amide) rings is 1. The number of fused-ring (bicyclic) bond motifs is 1. The molecule has 4 N–H and O–H groups in total. The Morgan fingerprint density at radius 3 is 2.84 bits per heavy atom. The van der Waals surface area contributed by atoms with Gasteiger partial charge in [-0.05, 0) is 39.5 Å². The van der Waals surface area contributed by atoms with Crippen molar-refractivity contribution < 1.29 is 29.1 Å². The van der Waals surface area contributed by atoms with Crippen LogP contribution >= 0.6 is 46.5 Å². The van der Waals surface area contributed by atoms with Gasteiger partial charge in [0.1, 0.15) is 29.7 Å². The van der Waals surface area contributed by atoms with Gasteiger partial charge in [0.2, 0.25) is 5.91 Å². The number of carboxylic acids is 1. The van der Waals surface area contributed by atoms with Crippen LogP contribution in [0, 0.1) is 16.5 Å². The molecule has 0 aliphatic carbocycles. The number of rotatable bonds is 9. The first-order chi connectivity index (χ1) is 18.2. The second-order valence-electron chi connectivity index (χ2n) is 7.74. The molecule has 0 spiro atoms. The van der Waals surface area contributed by atoms with Crippen molar-refractivity contribution in [3.05, 3.63) is 56.2 Å². The summed E-state index contributed by atoms with van der Waals surface area (Å²) < 4.78 is 0. The number of nitrogens with zero attached hydrogens (tertiary/aromatic N) is 4. The molecule has 2 aromatic heterocycles. The fourth-order valence-corrected chi connectivity index (χ4v) is 6.87. The van der Waals surface area contributed by atoms with Crippen molar-refractivity contribution in [1.82, 2.24) is 25.9 Å². The first-order valence-corrected chi connectivity index (χ1v) is 14.0. The molecule has 17 heteroatoms. The van der Waals surface area contributed by atoms with Crippen LogP contribution in [0.5, 0.6) is 0 Å². The van der Waals surface area contributed by atoms with E-state index in [1.165, 1.54) is 35.2 Å². The van der Waals surface area contributed by atoms with Crippen molar-refractivity contribution in [3.63, 3.8) is 0 Å². The van der Waals surface area contributed by atoms with E-state index >= 15 is 0 Å². The standard InChI is InChI=1S/C21H18ClN7O6S3/c22-12-3-4-13(27-29(12)35)37-8-10-9-38-19-15(18(31)28(19)16(10)20(32)33)25-17(30)14(11-2-1-7-36-11)26-21(34)24-6-5-23/h1-4,7,14-15,19H,6,8-9H2,(H,25,30)(H,32,33)(H2,24,26,34)/t14?,15-,19?/m1/s1. The molecule has 0 bridgehead atoms. The number of hydrogen-bond donors (Lipinski definition) is 4. The van der Waals surface area contributed by atoms with E-state index in [2.05, 4.69) is 21.0 Å². The Labute approximate surface area is 232 Å². The summed E-state index contributed by atoms with van der Waals surface area (Å²) in [6.07, 6.45) is 0. The summed E-state index contributed by atoms with van der Waals surface area (Å²) in [7, 11) is 0. The highest BCUT2D eigenvalue weighted by atomic mass is 35.5. The van der Waals surface area contributed by atoms with Gasteiger partial charge in [-0.3, -0.25) is 14.5 Å². The van der Waals surface area contributed by atoms with Gasteiger partial charge in [0.05, 0.1) is 6.07 Å². The third kappa shape index (κ3) is 5.80. The lowest BCUT2D eigenvalue weighted by atomic mass is 10.0. The van der Waals surface area contributed by atoms with Crippen LogP contribution in [0.3, 0.4) is 0 Å². The molecule has 2 aliphatic heterocycles. The average Bonchev–Trinajstić information content (AvgIpc) is 3.43. The average molecular weight is 596 g/mol. The fraction of sp³-hybridized carbons (Fsp3) is 0.286. The van der Waals surface area contributed by atoms with Gasteiger partial charge in [-0.2, -0.15) is 5.26 Å². The molecule has 38 heavy (non-hydrogen) atoms. The lowest BCUT2D eigenvalue weighted by Crippen LogP contribution is -2.71. The predicted molar refractivity (Wildman–Crippen MR) is 138 cm³/mol. The zero-order valence-corrected chi connectivity index (χ0v) is 22.3. The first-order valence-electron chi connectivity index (χ1n) is 10.8. The van der Waals surface area contributed by atoms with Crippen LogP contribution < -0.4 is 20.8 Å². The SMILES string of the molecule is N#CCNC(=O)NC(C(=O)N[C@@H]1C(=O)N2C(C(=O)O)=C(CSc3ccc(Cl)[n+]([O-])n3)CSC12)c1cccs1. The van der Waals surface area contributed by atoms with E-state index in [1.54, 1.807) is 23.6 Å². The van der Waals surface area contributed by atoms with Crippen molar-refractivity contribution in [3.8, 4) is 6.07 Å². The lowest BCUT2D eigenvalue weighted by Gasteiger charge is -2.49. The highest BCUT2D eigenvalue weighted by Crippen LogP contribution is 2.41. The Balaban J connectivity index is 1.46. The summed E-state index contributed by atoms with van der Waals surface area (Å²) in [6.45, 7) is -0.255. The molecule has 4 rings (SSSR count). The molecule has 2 aromatic rings. The van der Waals surface area contributed by atoms with Crippen LogP contribution in [0.15, 0.2) is 45.9 Å². The molecule has 2 unspecified atom stereocenters. The summed E-state index contributed by atoms with van der Waals surface area (Å²) in [5, 5.41) is 42.6. The second-order valence-corrected chi connectivity index (χ2v) is 11.2. The third-order valence-electron chi connectivity index (χ3n) is 5.37. The molecule has 4 amide bonds. The minimum absolute atomic E-state index is 0.102. The van der Waals surface area contributed by atoms with Crippen molar-refractivity contribution in [2.75, 3.05) is 18.1 Å². The number of halogens is 1. The summed E-state index contributed by atoms with van der Waals surface area (Å²) in [6, 6.07) is 5.15. The van der Waals surface area contributed by atoms with Crippen LogP contribution in [-0.4, -0.2) is 68.4 Å². The van der Waals surface area contributed by atoms with Crippen LogP contribution in [-0.2, 0) is 14.4 Å². The molecule has 13 nitrogen and oxygen atoms in total. The van der Waals surface area contributed by atoms with Crippen molar-refractivity contribution in [1.29, 1.82) is 5.26 Å². The number of carbonyl (C=O) groups excluding carboxylic acids is 3. The Morgan fingerprint density at radius 1 is 1.39 bits per heavy atom. The maximum Gasteiger partial charge on any atom is 0.352 e. The van der Waals surface area contributed by atoms with Crippen LogP contribution in [0.25, 0.3) is 0 Å². The topological polar surface area (TPSA) is 191 Å². The minimum Gasteiger partial charge on any atom is -0.593 e. The van der Waals surface area contributed by atoms with Gasteiger partial charge in [-0.25, -0.2) is 9.59 Å². The normalized spacial score (nSPS) is 19.1. The van der Waals surface area contributed by atoms with E-state index in [0.717, 1.165) is 16.7 Å². The monoisotopic (exact) mass is 595 g/mol. The van der Waals surface area contributed by atoms with Gasteiger partial charge < -0.3 is 26.3 Å². The van der Waals surface area contributed by atoms with E-state index in [9.17, 15) is 29.5 Å². The number of aromatic nitrogens is 2. The molecule has 0 radical (unpaired) electrons. The second kappa shape index (κ2) is 11.9. The highest BCUT2D eigenvalue weighted by Gasteiger charge is 2.54. The molecule has 4 heterocycles. The number of aliphatic carboxylic acids is 1. The summed E-state index contributed by atoms with van der Waals surface area (Å²) in [4.78, 5) is 52.2. The Bertz CT molecular complexity index is 1350. The maximum atomic E-state index is 13.1. The molecular weight excluding hydrogens is 578 g/mol. The summed E-state index contributed by atoms with van der Waals surface area (Å²) >= 11 is 9.31. The van der Waals surface area contributed by atoms with Crippen molar-refractivity contribution in [2.45, 2.75) is 22.5 Å². The fourth-order valence-electron chi connectivity index (χ4n) is 3.67. The number of nitriles is 1. The smallest absolute Gasteiger partial charge is 0.352 e. The molecule has 198 valence electrons. The lowest BCUT2D eigenvalue weighted by molar-refractivity contribution is -0.670. The van der Waals surface area contributed by atoms with Crippen LogP contribution in [0.1, 0.15) is 10.9 Å². The van der Waals surface area contributed by atoms with Crippen molar-refractivity contribution >= 4 is 70.3 Å². The predicted octanol–water partition coefficient (Wildman–Crippen LogP) is 0.825. The molecule has 1 fully saturated rings. The highest BCUT2D eigenvalue weighted by molar-refractivity contribution is 8.01. The largest absolute Gasteiger partial charge is 0.593 e. The molecular formula is C21H18ClN7O6S3. The number of thiophene rings is 1. The zero-order valence-electron chi connectivity index (χ0n) is 19.1. The van der Waals surface area contributed by atoms with E-state index in [-0.39, 0.29) is 33.7 Å². The third-order valence-corrected chi connectivity index (χ3v) is 8.92. The Hall–Kier alpha value is -3.52. The number of carboxylic acid groups (broad SMARTS) is 1. The number of urea groups is 1. The number of hydrogen-bond acceptors (Lipinski definition) is 10. The van der Waals surface area contributed by atoms with E-state index in [1.807, 2.05) is 0 Å². The van der Waals surface area contributed by atoms with Gasteiger partial charge in [0.15, 0.2) is 5.03 Å². The Morgan fingerprint density at radius 2 is 2.18 bits per heavy atom.